The van der Waals surface area contributed by atoms with Crippen LogP contribution in [0.2, 0.25) is 0 Å². The molecule has 4 aromatic rings. The number of oxazole rings is 1. The summed E-state index contributed by atoms with van der Waals surface area (Å²) in [5, 5.41) is 1.30. The van der Waals surface area contributed by atoms with Crippen molar-refractivity contribution >= 4 is 22.0 Å². The number of fused-ring (bicyclic) bond motifs is 2. The first-order valence-corrected chi connectivity index (χ1v) is 9.02. The lowest BCUT2D eigenvalue weighted by Gasteiger charge is -2.15. The molecule has 1 aliphatic heterocycles. The molecule has 1 saturated heterocycles. The van der Waals surface area contributed by atoms with Gasteiger partial charge in [0, 0.05) is 30.2 Å². The van der Waals surface area contributed by atoms with Gasteiger partial charge in [-0.15, -0.1) is 0 Å². The molecule has 3 heterocycles. The van der Waals surface area contributed by atoms with Crippen molar-refractivity contribution in [1.29, 1.82) is 0 Å². The Morgan fingerprint density at radius 1 is 1.00 bits per heavy atom. The van der Waals surface area contributed by atoms with E-state index in [0.717, 1.165) is 24.2 Å². The molecule has 0 atom stereocenters. The lowest BCUT2D eigenvalue weighted by atomic mass is 10.0. The zero-order valence-corrected chi connectivity index (χ0v) is 14.2. The van der Waals surface area contributed by atoms with E-state index in [1.165, 1.54) is 54.4 Å². The number of aromatic nitrogens is 2. The maximum Gasteiger partial charge on any atom is 0.181 e. The highest BCUT2D eigenvalue weighted by atomic mass is 16.3. The van der Waals surface area contributed by atoms with E-state index in [-0.39, 0.29) is 0 Å². The highest BCUT2D eigenvalue weighted by molar-refractivity contribution is 5.97. The van der Waals surface area contributed by atoms with Crippen molar-refractivity contribution in [2.75, 3.05) is 19.6 Å². The second-order valence-electron chi connectivity index (χ2n) is 6.83. The fourth-order valence-electron chi connectivity index (χ4n) is 3.95. The van der Waals surface area contributed by atoms with E-state index in [9.17, 15) is 0 Å². The van der Waals surface area contributed by atoms with Gasteiger partial charge < -0.3 is 13.9 Å². The van der Waals surface area contributed by atoms with Gasteiger partial charge in [-0.2, -0.15) is 0 Å². The van der Waals surface area contributed by atoms with Crippen molar-refractivity contribution in [2.45, 2.75) is 19.4 Å². The summed E-state index contributed by atoms with van der Waals surface area (Å²) in [6.07, 6.45) is 6.42. The van der Waals surface area contributed by atoms with Crippen LogP contribution in [0, 0.1) is 0 Å². The molecule has 0 spiro atoms. The zero-order valence-electron chi connectivity index (χ0n) is 14.2. The Labute approximate surface area is 146 Å². The van der Waals surface area contributed by atoms with Gasteiger partial charge in [0.1, 0.15) is 5.52 Å². The maximum absolute atomic E-state index is 5.36. The number of hydrogen-bond acceptors (Lipinski definition) is 3. The second kappa shape index (κ2) is 6.05. The third-order valence-corrected chi connectivity index (χ3v) is 5.31. The van der Waals surface area contributed by atoms with Crippen LogP contribution in [-0.2, 0) is 6.54 Å². The molecule has 4 nitrogen and oxygen atoms in total. The first kappa shape index (κ1) is 14.7. The van der Waals surface area contributed by atoms with E-state index in [2.05, 4.69) is 57.0 Å². The molecule has 0 bridgehead atoms. The van der Waals surface area contributed by atoms with Crippen LogP contribution in [-0.4, -0.2) is 34.1 Å². The van der Waals surface area contributed by atoms with Crippen LogP contribution in [0.1, 0.15) is 12.8 Å². The average Bonchev–Trinajstić information content (AvgIpc) is 3.39. The van der Waals surface area contributed by atoms with Gasteiger partial charge in [-0.25, -0.2) is 4.98 Å². The maximum atomic E-state index is 5.36. The van der Waals surface area contributed by atoms with E-state index < -0.39 is 0 Å². The van der Waals surface area contributed by atoms with Crippen LogP contribution >= 0.6 is 0 Å². The van der Waals surface area contributed by atoms with Gasteiger partial charge in [0.05, 0.1) is 0 Å². The molecular weight excluding hydrogens is 310 g/mol. The van der Waals surface area contributed by atoms with Crippen molar-refractivity contribution < 1.29 is 4.42 Å². The molecule has 0 amide bonds. The van der Waals surface area contributed by atoms with Gasteiger partial charge in [-0.3, -0.25) is 0 Å². The van der Waals surface area contributed by atoms with E-state index in [0.29, 0.717) is 0 Å². The third-order valence-electron chi connectivity index (χ3n) is 5.31. The summed E-state index contributed by atoms with van der Waals surface area (Å²) in [7, 11) is 0. The quantitative estimate of drug-likeness (QED) is 0.550. The predicted octanol–water partition coefficient (Wildman–Crippen LogP) is 4.55. The summed E-state index contributed by atoms with van der Waals surface area (Å²) in [6.45, 7) is 4.69. The zero-order chi connectivity index (χ0) is 16.6. The van der Waals surface area contributed by atoms with Crippen molar-refractivity contribution in [2.24, 2.45) is 0 Å². The third kappa shape index (κ3) is 2.63. The molecule has 0 aliphatic carbocycles. The van der Waals surface area contributed by atoms with Gasteiger partial charge in [-0.1, -0.05) is 18.2 Å². The van der Waals surface area contributed by atoms with Gasteiger partial charge >= 0.3 is 0 Å². The number of benzene rings is 2. The summed E-state index contributed by atoms with van der Waals surface area (Å²) in [6, 6.07) is 15.0. The van der Waals surface area contributed by atoms with Crippen LogP contribution in [0.5, 0.6) is 0 Å². The summed E-state index contributed by atoms with van der Waals surface area (Å²) >= 11 is 0. The molecule has 0 N–H and O–H groups in total. The number of rotatable bonds is 4. The van der Waals surface area contributed by atoms with Gasteiger partial charge in [0.2, 0.25) is 0 Å². The Hall–Kier alpha value is -2.59. The molecule has 0 saturated carbocycles. The Kier molecular flexibility index (Phi) is 3.56. The van der Waals surface area contributed by atoms with Gasteiger partial charge in [-0.05, 0) is 61.3 Å². The Morgan fingerprint density at radius 2 is 1.92 bits per heavy atom. The largest absolute Gasteiger partial charge is 0.443 e. The Bertz CT molecular complexity index is 1020. The van der Waals surface area contributed by atoms with E-state index in [1.807, 2.05) is 6.07 Å². The van der Waals surface area contributed by atoms with Crippen LogP contribution in [0.3, 0.4) is 0 Å². The second-order valence-corrected chi connectivity index (χ2v) is 6.83. The molecule has 1 aliphatic rings. The highest BCUT2D eigenvalue weighted by Gasteiger charge is 2.13. The number of likely N-dealkylation sites (tertiary alicyclic amines) is 1. The molecule has 25 heavy (non-hydrogen) atoms. The monoisotopic (exact) mass is 331 g/mol. The summed E-state index contributed by atoms with van der Waals surface area (Å²) in [5.74, 6) is 0. The molecule has 1 fully saturated rings. The van der Waals surface area contributed by atoms with Gasteiger partial charge in [0.15, 0.2) is 12.0 Å². The summed E-state index contributed by atoms with van der Waals surface area (Å²) in [5.41, 5.74) is 5.48. The van der Waals surface area contributed by atoms with Crippen molar-refractivity contribution in [3.05, 3.63) is 55.1 Å². The molecular formula is C21H21N3O. The van der Waals surface area contributed by atoms with Crippen molar-refractivity contribution in [3.8, 4) is 11.1 Å². The fourth-order valence-corrected chi connectivity index (χ4v) is 3.95. The predicted molar refractivity (Wildman–Crippen MR) is 101 cm³/mol. The molecule has 0 unspecified atom stereocenters. The number of hydrogen-bond donors (Lipinski definition) is 0. The Balaban J connectivity index is 1.51. The Morgan fingerprint density at radius 3 is 2.84 bits per heavy atom. The first-order valence-electron chi connectivity index (χ1n) is 9.02. The van der Waals surface area contributed by atoms with E-state index in [1.54, 1.807) is 0 Å². The number of nitrogens with zero attached hydrogens (tertiary/aromatic N) is 3. The van der Waals surface area contributed by atoms with E-state index in [4.69, 9.17) is 4.42 Å². The molecule has 2 aromatic carbocycles. The average molecular weight is 331 g/mol. The van der Waals surface area contributed by atoms with Crippen LogP contribution in [0.25, 0.3) is 33.1 Å². The van der Waals surface area contributed by atoms with Crippen LogP contribution < -0.4 is 0 Å². The fraction of sp³-hybridized carbons (Fsp3) is 0.286. The minimum Gasteiger partial charge on any atom is -0.443 e. The standard InChI is InChI=1S/C21H21N3O/c1-2-10-23(9-1)12-13-24-11-8-18-17(4-3-5-20(18)24)16-6-7-21-19(14-16)22-15-25-21/h3-8,11,14-15H,1-2,9-10,12-13H2. The molecule has 4 heteroatoms. The van der Waals surface area contributed by atoms with E-state index >= 15 is 0 Å². The SMILES string of the molecule is c1cc(-c2ccc3ocnc3c2)c2ccn(CCN3CCCC3)c2c1. The van der Waals surface area contributed by atoms with Crippen molar-refractivity contribution in [3.63, 3.8) is 0 Å². The van der Waals surface area contributed by atoms with Crippen LogP contribution in [0.15, 0.2) is 59.5 Å². The smallest absolute Gasteiger partial charge is 0.181 e. The molecule has 5 rings (SSSR count). The summed E-state index contributed by atoms with van der Waals surface area (Å²) < 4.78 is 7.74. The normalized spacial score (nSPS) is 15.5. The first-order chi connectivity index (χ1) is 12.4. The van der Waals surface area contributed by atoms with Crippen molar-refractivity contribution in [1.82, 2.24) is 14.5 Å². The topological polar surface area (TPSA) is 34.2 Å². The van der Waals surface area contributed by atoms with Crippen LogP contribution in [0.4, 0.5) is 0 Å². The molecule has 2 aromatic heterocycles. The minimum absolute atomic E-state index is 0.833. The molecule has 0 radical (unpaired) electrons. The highest BCUT2D eigenvalue weighted by Crippen LogP contribution is 2.31. The van der Waals surface area contributed by atoms with Gasteiger partial charge in [0.25, 0.3) is 0 Å². The molecule has 126 valence electrons. The summed E-state index contributed by atoms with van der Waals surface area (Å²) in [4.78, 5) is 6.85. The lowest BCUT2D eigenvalue weighted by molar-refractivity contribution is 0.324. The lowest BCUT2D eigenvalue weighted by Crippen LogP contribution is -2.23. The minimum atomic E-state index is 0.833.